The highest BCUT2D eigenvalue weighted by Crippen LogP contribution is 2.22. The molecule has 0 fully saturated rings. The van der Waals surface area contributed by atoms with E-state index >= 15 is 0 Å². The Hall–Kier alpha value is -2.54. The van der Waals surface area contributed by atoms with Crippen molar-refractivity contribution in [2.45, 2.75) is 6.54 Å². The van der Waals surface area contributed by atoms with E-state index in [9.17, 15) is 0 Å². The van der Waals surface area contributed by atoms with Crippen molar-refractivity contribution in [2.75, 3.05) is 0 Å². The van der Waals surface area contributed by atoms with Crippen LogP contribution in [0.2, 0.25) is 0 Å². The van der Waals surface area contributed by atoms with Gasteiger partial charge in [-0.05, 0) is 12.1 Å². The number of hydrogen-bond donors (Lipinski definition) is 1. The molecular formula is C11H10N6O. The zero-order chi connectivity index (χ0) is 12.4. The molecule has 2 heterocycles. The number of rotatable bonds is 3. The largest absolute Gasteiger partial charge is 0.338 e. The van der Waals surface area contributed by atoms with Crippen molar-refractivity contribution in [1.82, 2.24) is 25.1 Å². The summed E-state index contributed by atoms with van der Waals surface area (Å²) in [5.74, 6) is 0.872. The van der Waals surface area contributed by atoms with Crippen LogP contribution in [0.1, 0.15) is 5.89 Å². The van der Waals surface area contributed by atoms with Gasteiger partial charge in [-0.1, -0.05) is 17.3 Å². The quantitative estimate of drug-likeness (QED) is 0.729. The second-order valence-corrected chi connectivity index (χ2v) is 3.55. The summed E-state index contributed by atoms with van der Waals surface area (Å²) in [6, 6.07) is 7.55. The van der Waals surface area contributed by atoms with Crippen LogP contribution in [0, 0.1) is 0 Å². The van der Waals surface area contributed by atoms with Gasteiger partial charge < -0.3 is 10.3 Å². The van der Waals surface area contributed by atoms with Crippen molar-refractivity contribution in [3.8, 4) is 17.1 Å². The van der Waals surface area contributed by atoms with E-state index in [4.69, 9.17) is 10.3 Å². The summed E-state index contributed by atoms with van der Waals surface area (Å²) in [6.45, 7) is 0.217. The molecule has 18 heavy (non-hydrogen) atoms. The van der Waals surface area contributed by atoms with Gasteiger partial charge in [-0.15, -0.1) is 0 Å². The Balaban J connectivity index is 2.12. The highest BCUT2D eigenvalue weighted by Gasteiger charge is 2.13. The van der Waals surface area contributed by atoms with Gasteiger partial charge in [0.2, 0.25) is 11.7 Å². The maximum atomic E-state index is 5.45. The third-order valence-electron chi connectivity index (χ3n) is 2.42. The van der Waals surface area contributed by atoms with E-state index < -0.39 is 0 Å². The average Bonchev–Trinajstić information content (AvgIpc) is 3.10. The smallest absolute Gasteiger partial charge is 0.240 e. The van der Waals surface area contributed by atoms with E-state index in [2.05, 4.69) is 20.3 Å². The molecule has 0 saturated carbocycles. The molecule has 0 spiro atoms. The number of para-hydroxylation sites is 1. The van der Waals surface area contributed by atoms with Crippen LogP contribution < -0.4 is 5.73 Å². The van der Waals surface area contributed by atoms with Crippen LogP contribution in [0.25, 0.3) is 17.1 Å². The highest BCUT2D eigenvalue weighted by molar-refractivity contribution is 5.66. The topological polar surface area (TPSA) is 95.7 Å². The lowest BCUT2D eigenvalue weighted by atomic mass is 10.2. The Labute approximate surface area is 102 Å². The van der Waals surface area contributed by atoms with Crippen molar-refractivity contribution in [1.29, 1.82) is 0 Å². The van der Waals surface area contributed by atoms with E-state index in [-0.39, 0.29) is 6.54 Å². The summed E-state index contributed by atoms with van der Waals surface area (Å²) in [7, 11) is 0. The SMILES string of the molecule is NCc1nc(-c2ccccc2-n2nccn2)no1. The lowest BCUT2D eigenvalue weighted by Gasteiger charge is -2.03. The highest BCUT2D eigenvalue weighted by atomic mass is 16.5. The van der Waals surface area contributed by atoms with Crippen LogP contribution in [-0.4, -0.2) is 25.1 Å². The zero-order valence-electron chi connectivity index (χ0n) is 9.39. The van der Waals surface area contributed by atoms with E-state index in [0.717, 1.165) is 11.3 Å². The first-order valence-electron chi connectivity index (χ1n) is 5.37. The maximum Gasteiger partial charge on any atom is 0.240 e. The summed E-state index contributed by atoms with van der Waals surface area (Å²) in [6.07, 6.45) is 3.22. The van der Waals surface area contributed by atoms with Crippen molar-refractivity contribution >= 4 is 0 Å². The molecule has 2 N–H and O–H groups in total. The molecule has 90 valence electrons. The third-order valence-corrected chi connectivity index (χ3v) is 2.42. The van der Waals surface area contributed by atoms with Crippen LogP contribution in [0.15, 0.2) is 41.2 Å². The molecule has 0 saturated heterocycles. The van der Waals surface area contributed by atoms with Gasteiger partial charge in [0.15, 0.2) is 0 Å². The first-order chi connectivity index (χ1) is 8.88. The minimum Gasteiger partial charge on any atom is -0.338 e. The maximum absolute atomic E-state index is 5.45. The Morgan fingerprint density at radius 3 is 2.67 bits per heavy atom. The lowest BCUT2D eigenvalue weighted by Crippen LogP contribution is -2.01. The molecule has 7 heteroatoms. The average molecular weight is 242 g/mol. The van der Waals surface area contributed by atoms with Crippen molar-refractivity contribution < 1.29 is 4.52 Å². The van der Waals surface area contributed by atoms with Crippen LogP contribution in [0.3, 0.4) is 0 Å². The molecular weight excluding hydrogens is 232 g/mol. The molecule has 0 bridgehead atoms. The fourth-order valence-corrected chi connectivity index (χ4v) is 1.62. The van der Waals surface area contributed by atoms with Gasteiger partial charge >= 0.3 is 0 Å². The van der Waals surface area contributed by atoms with Crippen LogP contribution in [0.4, 0.5) is 0 Å². The Bertz CT molecular complexity index is 645. The number of nitrogens with zero attached hydrogens (tertiary/aromatic N) is 5. The molecule has 3 aromatic rings. The molecule has 0 aliphatic carbocycles. The van der Waals surface area contributed by atoms with Gasteiger partial charge in [0.05, 0.1) is 30.2 Å². The molecule has 1 aromatic carbocycles. The number of benzene rings is 1. The summed E-state index contributed by atoms with van der Waals surface area (Å²) in [5.41, 5.74) is 7.02. The predicted octanol–water partition coefficient (Wildman–Crippen LogP) is 0.776. The Morgan fingerprint density at radius 2 is 1.94 bits per heavy atom. The van der Waals surface area contributed by atoms with E-state index in [0.29, 0.717) is 11.7 Å². The van der Waals surface area contributed by atoms with Crippen LogP contribution in [-0.2, 0) is 6.54 Å². The van der Waals surface area contributed by atoms with Crippen molar-refractivity contribution in [3.63, 3.8) is 0 Å². The second-order valence-electron chi connectivity index (χ2n) is 3.55. The minimum atomic E-state index is 0.217. The predicted molar refractivity (Wildman–Crippen MR) is 62.5 cm³/mol. The zero-order valence-corrected chi connectivity index (χ0v) is 9.39. The summed E-state index contributed by atoms with van der Waals surface area (Å²) < 4.78 is 5.00. The summed E-state index contributed by atoms with van der Waals surface area (Å²) in [5, 5.41) is 12.1. The first-order valence-corrected chi connectivity index (χ1v) is 5.37. The Morgan fingerprint density at radius 1 is 1.17 bits per heavy atom. The van der Waals surface area contributed by atoms with E-state index in [1.807, 2.05) is 24.3 Å². The fraction of sp³-hybridized carbons (Fsp3) is 0.0909. The first kappa shape index (κ1) is 10.6. The molecule has 0 unspecified atom stereocenters. The molecule has 2 aromatic heterocycles. The van der Waals surface area contributed by atoms with Gasteiger partial charge in [-0.2, -0.15) is 20.0 Å². The van der Waals surface area contributed by atoms with Crippen LogP contribution in [0.5, 0.6) is 0 Å². The van der Waals surface area contributed by atoms with Gasteiger partial charge in [0, 0.05) is 0 Å². The van der Waals surface area contributed by atoms with Crippen molar-refractivity contribution in [3.05, 3.63) is 42.5 Å². The van der Waals surface area contributed by atoms with Gasteiger partial charge in [0.25, 0.3) is 0 Å². The normalized spacial score (nSPS) is 10.7. The molecule has 0 aliphatic heterocycles. The summed E-state index contributed by atoms with van der Waals surface area (Å²) in [4.78, 5) is 5.71. The monoisotopic (exact) mass is 242 g/mol. The number of aromatic nitrogens is 5. The third kappa shape index (κ3) is 1.76. The number of nitrogens with two attached hydrogens (primary N) is 1. The molecule has 0 atom stereocenters. The van der Waals surface area contributed by atoms with E-state index in [1.54, 1.807) is 12.4 Å². The molecule has 0 aliphatic rings. The molecule has 0 radical (unpaired) electrons. The molecule has 7 nitrogen and oxygen atoms in total. The number of hydrogen-bond acceptors (Lipinski definition) is 6. The minimum absolute atomic E-state index is 0.217. The van der Waals surface area contributed by atoms with E-state index in [1.165, 1.54) is 4.80 Å². The molecule has 3 rings (SSSR count). The van der Waals surface area contributed by atoms with Crippen molar-refractivity contribution in [2.24, 2.45) is 5.73 Å². The van der Waals surface area contributed by atoms with Gasteiger partial charge in [-0.3, -0.25) is 0 Å². The van der Waals surface area contributed by atoms with Gasteiger partial charge in [0.1, 0.15) is 0 Å². The lowest BCUT2D eigenvalue weighted by molar-refractivity contribution is 0.380. The standard InChI is InChI=1S/C11H10N6O/c12-7-10-15-11(16-18-10)8-3-1-2-4-9(8)17-13-5-6-14-17/h1-6H,7,12H2. The molecule has 0 amide bonds. The summed E-state index contributed by atoms with van der Waals surface area (Å²) >= 11 is 0. The second kappa shape index (κ2) is 4.38. The van der Waals surface area contributed by atoms with Gasteiger partial charge in [-0.25, -0.2) is 0 Å². The van der Waals surface area contributed by atoms with Crippen LogP contribution >= 0.6 is 0 Å². The Kier molecular flexibility index (Phi) is 2.58. The fourth-order valence-electron chi connectivity index (χ4n) is 1.62.